The van der Waals surface area contributed by atoms with Gasteiger partial charge in [-0.1, -0.05) is 6.92 Å². The van der Waals surface area contributed by atoms with Gasteiger partial charge in [0.2, 0.25) is 0 Å². The molecule has 25 heavy (non-hydrogen) atoms. The number of nitrogens with zero attached hydrogens (tertiary/aromatic N) is 2. The van der Waals surface area contributed by atoms with Crippen LogP contribution in [-0.4, -0.2) is 11.9 Å². The Kier molecular flexibility index (Phi) is 5.86. The van der Waals surface area contributed by atoms with Crippen molar-refractivity contribution in [2.45, 2.75) is 13.3 Å². The minimum atomic E-state index is -0.693. The molecular weight excluding hydrogens is 320 g/mol. The van der Waals surface area contributed by atoms with Crippen molar-refractivity contribution in [3.05, 3.63) is 59.7 Å². The maximum absolute atomic E-state index is 12.0. The van der Waals surface area contributed by atoms with Crippen LogP contribution >= 0.6 is 0 Å². The molecule has 0 heterocycles. The summed E-state index contributed by atoms with van der Waals surface area (Å²) in [5, 5.41) is 17.4. The first kappa shape index (κ1) is 17.7. The van der Waals surface area contributed by atoms with Crippen molar-refractivity contribution in [3.63, 3.8) is 0 Å². The highest BCUT2D eigenvalue weighted by Crippen LogP contribution is 2.17. The standard InChI is InChI=1S/C19H14N2O4/c1-13(19(23)25-17-8-4-15(12-21)5-9-17)10-18(22)24-16-6-2-14(11-20)3-7-16/h2-9,13H,10H2,1H3. The van der Waals surface area contributed by atoms with Gasteiger partial charge in [-0.3, -0.25) is 9.59 Å². The molecule has 6 heteroatoms. The summed E-state index contributed by atoms with van der Waals surface area (Å²) >= 11 is 0. The zero-order valence-electron chi connectivity index (χ0n) is 13.4. The van der Waals surface area contributed by atoms with Gasteiger partial charge in [-0.15, -0.1) is 0 Å². The highest BCUT2D eigenvalue weighted by Gasteiger charge is 2.20. The van der Waals surface area contributed by atoms with Gasteiger partial charge in [0, 0.05) is 0 Å². The lowest BCUT2D eigenvalue weighted by molar-refractivity contribution is -0.144. The van der Waals surface area contributed by atoms with E-state index < -0.39 is 17.9 Å². The predicted octanol–water partition coefficient (Wildman–Crippen LogP) is 2.97. The normalized spacial score (nSPS) is 10.8. The smallest absolute Gasteiger partial charge is 0.314 e. The molecule has 124 valence electrons. The van der Waals surface area contributed by atoms with E-state index in [9.17, 15) is 9.59 Å². The Labute approximate surface area is 144 Å². The minimum Gasteiger partial charge on any atom is -0.427 e. The first-order valence-electron chi connectivity index (χ1n) is 7.44. The summed E-state index contributed by atoms with van der Waals surface area (Å²) in [5.74, 6) is -1.23. The lowest BCUT2D eigenvalue weighted by atomic mass is 10.1. The molecule has 6 nitrogen and oxygen atoms in total. The van der Waals surface area contributed by atoms with Crippen molar-refractivity contribution >= 4 is 11.9 Å². The van der Waals surface area contributed by atoms with Crippen LogP contribution in [0.5, 0.6) is 11.5 Å². The van der Waals surface area contributed by atoms with Crippen LogP contribution in [0, 0.1) is 28.6 Å². The predicted molar refractivity (Wildman–Crippen MR) is 87.4 cm³/mol. The fourth-order valence-corrected chi connectivity index (χ4v) is 1.92. The van der Waals surface area contributed by atoms with Crippen molar-refractivity contribution < 1.29 is 19.1 Å². The molecule has 1 atom stereocenters. The van der Waals surface area contributed by atoms with Gasteiger partial charge in [-0.25, -0.2) is 0 Å². The topological polar surface area (TPSA) is 100 Å². The zero-order valence-corrected chi connectivity index (χ0v) is 13.4. The summed E-state index contributed by atoms with van der Waals surface area (Å²) in [7, 11) is 0. The van der Waals surface area contributed by atoms with Crippen LogP contribution in [0.3, 0.4) is 0 Å². The van der Waals surface area contributed by atoms with Crippen LogP contribution in [0.1, 0.15) is 24.5 Å². The van der Waals surface area contributed by atoms with Crippen LogP contribution in [0.2, 0.25) is 0 Å². The summed E-state index contributed by atoms with van der Waals surface area (Å²) in [5.41, 5.74) is 0.915. The van der Waals surface area contributed by atoms with Crippen LogP contribution < -0.4 is 9.47 Å². The molecule has 0 aliphatic rings. The molecule has 0 spiro atoms. The number of ether oxygens (including phenoxy) is 2. The molecule has 2 aromatic carbocycles. The number of hydrogen-bond donors (Lipinski definition) is 0. The van der Waals surface area contributed by atoms with Gasteiger partial charge in [0.25, 0.3) is 0 Å². The van der Waals surface area contributed by atoms with E-state index in [1.165, 1.54) is 48.5 Å². The van der Waals surface area contributed by atoms with Crippen LogP contribution in [0.25, 0.3) is 0 Å². The first-order valence-corrected chi connectivity index (χ1v) is 7.44. The molecule has 0 N–H and O–H groups in total. The number of esters is 2. The summed E-state index contributed by atoms with van der Waals surface area (Å²) < 4.78 is 10.3. The molecule has 1 unspecified atom stereocenters. The van der Waals surface area contributed by atoms with Crippen LogP contribution in [0.15, 0.2) is 48.5 Å². The molecule has 0 saturated heterocycles. The van der Waals surface area contributed by atoms with Gasteiger partial charge in [-0.05, 0) is 48.5 Å². The number of benzene rings is 2. The Hall–Kier alpha value is -3.64. The number of hydrogen-bond acceptors (Lipinski definition) is 6. The molecule has 2 aromatic rings. The fraction of sp³-hybridized carbons (Fsp3) is 0.158. The Balaban J connectivity index is 1.87. The highest BCUT2D eigenvalue weighted by molar-refractivity contribution is 5.82. The van der Waals surface area contributed by atoms with Crippen molar-refractivity contribution in [2.24, 2.45) is 5.92 Å². The zero-order chi connectivity index (χ0) is 18.2. The van der Waals surface area contributed by atoms with E-state index in [1.54, 1.807) is 6.92 Å². The molecule has 2 rings (SSSR count). The second kappa shape index (κ2) is 8.28. The van der Waals surface area contributed by atoms with Crippen molar-refractivity contribution in [1.82, 2.24) is 0 Å². The molecule has 0 amide bonds. The molecule has 0 aromatic heterocycles. The Morgan fingerprint density at radius 2 is 1.32 bits per heavy atom. The second-order valence-corrected chi connectivity index (χ2v) is 5.27. The maximum atomic E-state index is 12.0. The van der Waals surface area contributed by atoms with Crippen molar-refractivity contribution in [2.75, 3.05) is 0 Å². The summed E-state index contributed by atoms with van der Waals surface area (Å²) in [6, 6.07) is 16.1. The third-order valence-electron chi connectivity index (χ3n) is 3.29. The van der Waals surface area contributed by atoms with E-state index in [-0.39, 0.29) is 6.42 Å². The molecule has 0 aliphatic heterocycles. The Morgan fingerprint density at radius 3 is 1.76 bits per heavy atom. The van der Waals surface area contributed by atoms with Gasteiger partial charge in [-0.2, -0.15) is 10.5 Å². The van der Waals surface area contributed by atoms with Crippen LogP contribution in [-0.2, 0) is 9.59 Å². The summed E-state index contributed by atoms with van der Waals surface area (Å²) in [4.78, 5) is 23.9. The third-order valence-corrected chi connectivity index (χ3v) is 3.29. The van der Waals surface area contributed by atoms with E-state index in [1.807, 2.05) is 12.1 Å². The van der Waals surface area contributed by atoms with Gasteiger partial charge in [0.05, 0.1) is 35.6 Å². The molecule has 0 saturated carbocycles. The van der Waals surface area contributed by atoms with E-state index in [2.05, 4.69) is 0 Å². The molecule has 0 radical (unpaired) electrons. The molecule has 0 fully saturated rings. The van der Waals surface area contributed by atoms with E-state index in [0.717, 1.165) is 0 Å². The van der Waals surface area contributed by atoms with Gasteiger partial charge in [0.1, 0.15) is 11.5 Å². The van der Waals surface area contributed by atoms with Gasteiger partial charge < -0.3 is 9.47 Å². The lowest BCUT2D eigenvalue weighted by Crippen LogP contribution is -2.22. The van der Waals surface area contributed by atoms with E-state index in [4.69, 9.17) is 20.0 Å². The average molecular weight is 334 g/mol. The first-order chi connectivity index (χ1) is 12.0. The SMILES string of the molecule is CC(CC(=O)Oc1ccc(C#N)cc1)C(=O)Oc1ccc(C#N)cc1. The second-order valence-electron chi connectivity index (χ2n) is 5.27. The maximum Gasteiger partial charge on any atom is 0.314 e. The summed E-state index contributed by atoms with van der Waals surface area (Å²) in [6.45, 7) is 1.56. The lowest BCUT2D eigenvalue weighted by Gasteiger charge is -2.11. The largest absolute Gasteiger partial charge is 0.427 e. The highest BCUT2D eigenvalue weighted by atomic mass is 16.5. The number of carbonyl (C=O) groups is 2. The fourth-order valence-electron chi connectivity index (χ4n) is 1.92. The van der Waals surface area contributed by atoms with Gasteiger partial charge >= 0.3 is 11.9 Å². The summed E-state index contributed by atoms with van der Waals surface area (Å²) in [6.07, 6.45) is -0.144. The monoisotopic (exact) mass is 334 g/mol. The quantitative estimate of drug-likeness (QED) is 0.615. The number of carbonyl (C=O) groups excluding carboxylic acids is 2. The molecular formula is C19H14N2O4. The average Bonchev–Trinajstić information content (AvgIpc) is 2.62. The Morgan fingerprint density at radius 1 is 0.880 bits per heavy atom. The van der Waals surface area contributed by atoms with Crippen molar-refractivity contribution in [1.29, 1.82) is 10.5 Å². The Bertz CT molecular complexity index is 843. The molecule has 0 bridgehead atoms. The van der Waals surface area contributed by atoms with E-state index in [0.29, 0.717) is 22.6 Å². The third kappa shape index (κ3) is 5.19. The minimum absolute atomic E-state index is 0.144. The van der Waals surface area contributed by atoms with Crippen LogP contribution in [0.4, 0.5) is 0 Å². The van der Waals surface area contributed by atoms with E-state index >= 15 is 0 Å². The van der Waals surface area contributed by atoms with Crippen molar-refractivity contribution in [3.8, 4) is 23.6 Å². The van der Waals surface area contributed by atoms with Gasteiger partial charge in [0.15, 0.2) is 0 Å². The number of nitriles is 2. The number of rotatable bonds is 5. The molecule has 0 aliphatic carbocycles.